The van der Waals surface area contributed by atoms with Crippen molar-refractivity contribution in [1.82, 2.24) is 10.2 Å². The van der Waals surface area contributed by atoms with E-state index in [1.807, 2.05) is 20.8 Å². The number of benzene rings is 1. The fourth-order valence-corrected chi connectivity index (χ4v) is 4.37. The van der Waals surface area contributed by atoms with E-state index in [1.54, 1.807) is 11.0 Å². The molecular formula is C22H28FN3O5. The lowest BCUT2D eigenvalue weighted by molar-refractivity contribution is -0.133. The van der Waals surface area contributed by atoms with E-state index in [4.69, 9.17) is 9.47 Å². The van der Waals surface area contributed by atoms with Crippen molar-refractivity contribution >= 4 is 23.6 Å². The van der Waals surface area contributed by atoms with Gasteiger partial charge in [-0.05, 0) is 46.1 Å². The molecule has 4 rings (SSSR count). The van der Waals surface area contributed by atoms with Gasteiger partial charge in [-0.3, -0.25) is 14.9 Å². The highest BCUT2D eigenvalue weighted by Crippen LogP contribution is 2.47. The summed E-state index contributed by atoms with van der Waals surface area (Å²) in [5, 5.41) is 5.15. The summed E-state index contributed by atoms with van der Waals surface area (Å²) in [6.07, 6.45) is 1.49. The van der Waals surface area contributed by atoms with Crippen molar-refractivity contribution in [3.63, 3.8) is 0 Å². The van der Waals surface area contributed by atoms with E-state index in [1.165, 1.54) is 6.07 Å². The van der Waals surface area contributed by atoms with Gasteiger partial charge in [-0.1, -0.05) is 0 Å². The van der Waals surface area contributed by atoms with Crippen molar-refractivity contribution in [2.45, 2.75) is 63.5 Å². The molecule has 3 heterocycles. The summed E-state index contributed by atoms with van der Waals surface area (Å²) < 4.78 is 26.3. The number of nitrogens with one attached hydrogen (secondary N) is 2. The molecule has 0 aromatic heterocycles. The quantitative estimate of drug-likeness (QED) is 0.696. The Morgan fingerprint density at radius 3 is 2.65 bits per heavy atom. The summed E-state index contributed by atoms with van der Waals surface area (Å²) in [6, 6.07) is 2.39. The Kier molecular flexibility index (Phi) is 5.31. The maximum absolute atomic E-state index is 14.9. The number of likely N-dealkylation sites (tertiary alicyclic amines) is 1. The number of hydrogen-bond acceptors (Lipinski definition) is 6. The number of anilines is 1. The van der Waals surface area contributed by atoms with Gasteiger partial charge >= 0.3 is 6.09 Å². The lowest BCUT2D eigenvalue weighted by Gasteiger charge is -2.39. The monoisotopic (exact) mass is 433 g/mol. The first-order valence-electron chi connectivity index (χ1n) is 10.6. The summed E-state index contributed by atoms with van der Waals surface area (Å²) in [5.41, 5.74) is 0.0748. The molecule has 1 atom stereocenters. The highest BCUT2D eigenvalue weighted by atomic mass is 19.1. The molecule has 1 aromatic carbocycles. The summed E-state index contributed by atoms with van der Waals surface area (Å²) >= 11 is 0. The second-order valence-corrected chi connectivity index (χ2v) is 9.51. The number of ether oxygens (including phenoxy) is 2. The molecular weight excluding hydrogens is 405 g/mol. The number of fused-ring (bicyclic) bond motifs is 2. The molecule has 1 spiro atoms. The third kappa shape index (κ3) is 4.31. The Bertz CT molecular complexity index is 918. The van der Waals surface area contributed by atoms with E-state index < -0.39 is 23.4 Å². The van der Waals surface area contributed by atoms with Crippen LogP contribution in [0.15, 0.2) is 12.1 Å². The van der Waals surface area contributed by atoms with Crippen LogP contribution in [0.3, 0.4) is 0 Å². The number of imide groups is 1. The number of halogens is 1. The topological polar surface area (TPSA) is 97.0 Å². The molecule has 2 N–H and O–H groups in total. The summed E-state index contributed by atoms with van der Waals surface area (Å²) in [5.74, 6) is -0.659. The third-order valence-corrected chi connectivity index (χ3v) is 6.09. The molecule has 8 nitrogen and oxygen atoms in total. The Morgan fingerprint density at radius 1 is 1.29 bits per heavy atom. The molecule has 3 aliphatic heterocycles. The second kappa shape index (κ2) is 7.69. The van der Waals surface area contributed by atoms with Crippen molar-refractivity contribution < 1.29 is 28.2 Å². The molecule has 3 aliphatic rings. The highest BCUT2D eigenvalue weighted by molar-refractivity contribution is 6.01. The fraction of sp³-hybridized carbons (Fsp3) is 0.591. The van der Waals surface area contributed by atoms with Gasteiger partial charge < -0.3 is 19.7 Å². The Balaban J connectivity index is 1.46. The average molecular weight is 433 g/mol. The molecule has 31 heavy (non-hydrogen) atoms. The zero-order valence-corrected chi connectivity index (χ0v) is 18.0. The number of carbonyl (C=O) groups is 3. The number of piperidine rings is 2. The van der Waals surface area contributed by atoms with Gasteiger partial charge in [0, 0.05) is 36.6 Å². The van der Waals surface area contributed by atoms with Crippen molar-refractivity contribution in [1.29, 1.82) is 0 Å². The molecule has 2 fully saturated rings. The van der Waals surface area contributed by atoms with E-state index in [2.05, 4.69) is 10.6 Å². The normalized spacial score (nSPS) is 22.6. The Labute approximate surface area is 180 Å². The zero-order chi connectivity index (χ0) is 22.4. The van der Waals surface area contributed by atoms with Crippen molar-refractivity contribution in [3.8, 4) is 5.75 Å². The minimum atomic E-state index is -0.669. The molecule has 1 aromatic rings. The fourth-order valence-electron chi connectivity index (χ4n) is 4.37. The van der Waals surface area contributed by atoms with E-state index in [-0.39, 0.29) is 29.5 Å². The second-order valence-electron chi connectivity index (χ2n) is 9.51. The van der Waals surface area contributed by atoms with Crippen molar-refractivity contribution in [2.24, 2.45) is 0 Å². The van der Waals surface area contributed by atoms with Gasteiger partial charge in [-0.25, -0.2) is 9.18 Å². The standard InChI is InChI=1S/C22H28FN3O5/c1-21(2,3)31-20(29)26-8-6-22(7-9-26)12-30-17-11-16(14(23)10-13(17)22)24-15-4-5-18(27)25-19(15)28/h10-11,15,24H,4-9,12H2,1-3H3,(H,25,27,28). The van der Waals surface area contributed by atoms with Gasteiger partial charge in [0.2, 0.25) is 11.8 Å². The van der Waals surface area contributed by atoms with Crippen LogP contribution in [-0.2, 0) is 19.7 Å². The van der Waals surface area contributed by atoms with Crippen LogP contribution in [0.4, 0.5) is 14.9 Å². The predicted octanol–water partition coefficient (Wildman–Crippen LogP) is 2.70. The first-order valence-corrected chi connectivity index (χ1v) is 10.6. The van der Waals surface area contributed by atoms with Crippen LogP contribution in [0.5, 0.6) is 5.75 Å². The van der Waals surface area contributed by atoms with E-state index in [0.717, 1.165) is 5.56 Å². The smallest absolute Gasteiger partial charge is 0.410 e. The van der Waals surface area contributed by atoms with Crippen LogP contribution in [0.2, 0.25) is 0 Å². The van der Waals surface area contributed by atoms with Gasteiger partial charge in [0.15, 0.2) is 0 Å². The van der Waals surface area contributed by atoms with Gasteiger partial charge in [0.25, 0.3) is 0 Å². The first-order chi connectivity index (χ1) is 14.6. The zero-order valence-electron chi connectivity index (χ0n) is 18.0. The van der Waals surface area contributed by atoms with Crippen LogP contribution in [0.25, 0.3) is 0 Å². The molecule has 9 heteroatoms. The van der Waals surface area contributed by atoms with Crippen LogP contribution in [-0.4, -0.2) is 54.1 Å². The summed E-state index contributed by atoms with van der Waals surface area (Å²) in [4.78, 5) is 37.3. The lowest BCUT2D eigenvalue weighted by atomic mass is 9.74. The summed E-state index contributed by atoms with van der Waals surface area (Å²) in [7, 11) is 0. The number of nitrogens with zero attached hydrogens (tertiary/aromatic N) is 1. The molecule has 0 saturated carbocycles. The van der Waals surface area contributed by atoms with Gasteiger partial charge in [0.1, 0.15) is 23.2 Å². The molecule has 1 unspecified atom stereocenters. The number of amides is 3. The highest BCUT2D eigenvalue weighted by Gasteiger charge is 2.45. The van der Waals surface area contributed by atoms with Crippen LogP contribution in [0, 0.1) is 5.82 Å². The SMILES string of the molecule is CC(C)(C)OC(=O)N1CCC2(CC1)COc1cc(NC3CCC(=O)NC3=O)c(F)cc12. The molecule has 3 amide bonds. The summed E-state index contributed by atoms with van der Waals surface area (Å²) in [6.45, 7) is 6.94. The average Bonchev–Trinajstić information content (AvgIpc) is 3.00. The minimum absolute atomic E-state index is 0.177. The van der Waals surface area contributed by atoms with E-state index >= 15 is 0 Å². The van der Waals surface area contributed by atoms with E-state index in [0.29, 0.717) is 44.7 Å². The van der Waals surface area contributed by atoms with Crippen molar-refractivity contribution in [2.75, 3.05) is 25.0 Å². The van der Waals surface area contributed by atoms with Gasteiger partial charge in [-0.2, -0.15) is 0 Å². The maximum Gasteiger partial charge on any atom is 0.410 e. The van der Waals surface area contributed by atoms with Gasteiger partial charge in [0.05, 0.1) is 12.3 Å². The van der Waals surface area contributed by atoms with Crippen LogP contribution in [0.1, 0.15) is 52.0 Å². The third-order valence-electron chi connectivity index (χ3n) is 6.09. The van der Waals surface area contributed by atoms with E-state index in [9.17, 15) is 18.8 Å². The minimum Gasteiger partial charge on any atom is -0.492 e. The number of hydrogen-bond donors (Lipinski definition) is 2. The largest absolute Gasteiger partial charge is 0.492 e. The molecule has 2 saturated heterocycles. The van der Waals surface area contributed by atoms with Gasteiger partial charge in [-0.15, -0.1) is 0 Å². The van der Waals surface area contributed by atoms with Crippen LogP contribution < -0.4 is 15.4 Å². The first kappa shape index (κ1) is 21.4. The molecule has 0 aliphatic carbocycles. The maximum atomic E-state index is 14.9. The predicted molar refractivity (Wildman–Crippen MR) is 110 cm³/mol. The Hall–Kier alpha value is -2.84. The Morgan fingerprint density at radius 2 is 2.00 bits per heavy atom. The number of carbonyl (C=O) groups excluding carboxylic acids is 3. The molecule has 0 bridgehead atoms. The molecule has 0 radical (unpaired) electrons. The van der Waals surface area contributed by atoms with Crippen LogP contribution >= 0.6 is 0 Å². The molecule has 168 valence electrons. The van der Waals surface area contributed by atoms with Crippen molar-refractivity contribution in [3.05, 3.63) is 23.5 Å². The number of rotatable bonds is 2. The lowest BCUT2D eigenvalue weighted by Crippen LogP contribution is -2.47.